The number of aliphatic hydroxyl groups excluding tert-OH is 1. The number of carbonyl (C=O) groups is 2. The van der Waals surface area contributed by atoms with E-state index in [1.165, 1.54) is 0 Å². The predicted octanol–water partition coefficient (Wildman–Crippen LogP) is 0.353. The van der Waals surface area contributed by atoms with Crippen molar-refractivity contribution in [2.45, 2.75) is 25.7 Å². The van der Waals surface area contributed by atoms with Gasteiger partial charge in [-0.3, -0.25) is 4.79 Å². The second-order valence-electron chi connectivity index (χ2n) is 3.04. The average Bonchev–Trinajstić information content (AvgIpc) is 2.46. The van der Waals surface area contributed by atoms with Crippen LogP contribution >= 0.6 is 0 Å². The number of hydrogen-bond donors (Lipinski definition) is 1. The van der Waals surface area contributed by atoms with Crippen LogP contribution in [0.4, 0.5) is 0 Å². The Morgan fingerprint density at radius 2 is 2.29 bits per heavy atom. The summed E-state index contributed by atoms with van der Waals surface area (Å²) in [5.74, 6) is -0.761. The summed E-state index contributed by atoms with van der Waals surface area (Å²) < 4.78 is 0. The summed E-state index contributed by atoms with van der Waals surface area (Å²) in [7, 11) is 0. The Morgan fingerprint density at radius 1 is 1.57 bits per heavy atom. The van der Waals surface area contributed by atoms with E-state index in [1.807, 2.05) is 0 Å². The molecule has 1 saturated heterocycles. The smallest absolute Gasteiger partial charge is 0.333 e. The number of carbonyl (C=O) groups excluding carboxylic acids is 2. The first-order valence-corrected chi connectivity index (χ1v) is 4.47. The van der Waals surface area contributed by atoms with Crippen LogP contribution in [0.15, 0.2) is 12.3 Å². The van der Waals surface area contributed by atoms with Crippen LogP contribution in [0.5, 0.6) is 0 Å². The van der Waals surface area contributed by atoms with Crippen LogP contribution < -0.4 is 0 Å². The molecule has 5 heteroatoms. The predicted molar refractivity (Wildman–Crippen MR) is 47.6 cm³/mol. The molecule has 78 valence electrons. The lowest BCUT2D eigenvalue weighted by atomic mass is 10.3. The van der Waals surface area contributed by atoms with Crippen LogP contribution in [0.25, 0.3) is 0 Å². The quantitative estimate of drug-likeness (QED) is 0.709. The van der Waals surface area contributed by atoms with Crippen LogP contribution in [0.2, 0.25) is 0 Å². The summed E-state index contributed by atoms with van der Waals surface area (Å²) in [6, 6.07) is 0. The van der Waals surface area contributed by atoms with E-state index < -0.39 is 5.97 Å². The van der Waals surface area contributed by atoms with E-state index in [0.29, 0.717) is 25.0 Å². The van der Waals surface area contributed by atoms with Gasteiger partial charge in [0.25, 0.3) is 5.91 Å². The monoisotopic (exact) mass is 199 g/mol. The maximum absolute atomic E-state index is 11.1. The third-order valence-electron chi connectivity index (χ3n) is 1.87. The van der Waals surface area contributed by atoms with E-state index in [0.717, 1.165) is 5.06 Å². The molecular weight excluding hydrogens is 186 g/mol. The van der Waals surface area contributed by atoms with E-state index >= 15 is 0 Å². The molecule has 1 fully saturated rings. The molecule has 0 unspecified atom stereocenters. The molecule has 0 spiro atoms. The topological polar surface area (TPSA) is 66.8 Å². The molecule has 1 N–H and O–H groups in total. The fourth-order valence-corrected chi connectivity index (χ4v) is 1.12. The molecule has 1 aliphatic rings. The molecule has 1 amide bonds. The van der Waals surface area contributed by atoms with E-state index in [2.05, 4.69) is 6.58 Å². The fraction of sp³-hybridized carbons (Fsp3) is 0.556. The molecule has 1 aliphatic heterocycles. The maximum atomic E-state index is 11.1. The Kier molecular flexibility index (Phi) is 3.64. The third-order valence-corrected chi connectivity index (χ3v) is 1.87. The molecule has 0 aromatic rings. The van der Waals surface area contributed by atoms with Gasteiger partial charge in [0, 0.05) is 13.0 Å². The molecular formula is C9H13NO4. The molecule has 14 heavy (non-hydrogen) atoms. The van der Waals surface area contributed by atoms with Gasteiger partial charge in [-0.05, 0) is 12.8 Å². The van der Waals surface area contributed by atoms with Gasteiger partial charge in [0.15, 0.2) is 0 Å². The highest BCUT2D eigenvalue weighted by atomic mass is 16.7. The standard InChI is InChI=1S/C9H13NO4/c1-7-4-5-8(12)10(7)14-9(13)3-2-6-11/h11H,1-6H2. The largest absolute Gasteiger partial charge is 0.396 e. The fourth-order valence-electron chi connectivity index (χ4n) is 1.12. The SMILES string of the molecule is C=C1CCC(=O)N1OC(=O)CCCO. The molecule has 0 saturated carbocycles. The Bertz CT molecular complexity index is 246. The molecule has 0 aliphatic carbocycles. The van der Waals surface area contributed by atoms with Crippen molar-refractivity contribution in [1.29, 1.82) is 0 Å². The minimum absolute atomic E-state index is 0.0655. The van der Waals surface area contributed by atoms with Crippen LogP contribution in [-0.4, -0.2) is 28.7 Å². The van der Waals surface area contributed by atoms with Crippen LogP contribution in [0, 0.1) is 0 Å². The van der Waals surface area contributed by atoms with E-state index in [4.69, 9.17) is 9.94 Å². The highest BCUT2D eigenvalue weighted by molar-refractivity contribution is 5.82. The average molecular weight is 199 g/mol. The van der Waals surface area contributed by atoms with Gasteiger partial charge in [-0.1, -0.05) is 6.58 Å². The second kappa shape index (κ2) is 4.76. The number of hydrogen-bond acceptors (Lipinski definition) is 4. The zero-order chi connectivity index (χ0) is 10.6. The van der Waals surface area contributed by atoms with Crippen molar-refractivity contribution in [2.75, 3.05) is 6.61 Å². The van der Waals surface area contributed by atoms with E-state index in [9.17, 15) is 9.59 Å². The summed E-state index contributed by atoms with van der Waals surface area (Å²) in [5, 5.41) is 9.42. The van der Waals surface area contributed by atoms with Gasteiger partial charge >= 0.3 is 5.97 Å². The Labute approximate surface area is 81.9 Å². The van der Waals surface area contributed by atoms with Crippen molar-refractivity contribution in [1.82, 2.24) is 5.06 Å². The second-order valence-corrected chi connectivity index (χ2v) is 3.04. The van der Waals surface area contributed by atoms with Crippen molar-refractivity contribution in [3.63, 3.8) is 0 Å². The van der Waals surface area contributed by atoms with Crippen LogP contribution in [0.3, 0.4) is 0 Å². The highest BCUT2D eigenvalue weighted by Crippen LogP contribution is 2.20. The lowest BCUT2D eigenvalue weighted by Crippen LogP contribution is -2.26. The maximum Gasteiger partial charge on any atom is 0.333 e. The molecule has 1 rings (SSSR count). The van der Waals surface area contributed by atoms with E-state index in [1.54, 1.807) is 0 Å². The number of rotatable bonds is 4. The third kappa shape index (κ3) is 2.56. The minimum Gasteiger partial charge on any atom is -0.396 e. The van der Waals surface area contributed by atoms with E-state index in [-0.39, 0.29) is 18.9 Å². The zero-order valence-corrected chi connectivity index (χ0v) is 7.86. The Morgan fingerprint density at radius 3 is 2.79 bits per heavy atom. The van der Waals surface area contributed by atoms with Gasteiger partial charge in [-0.25, -0.2) is 4.79 Å². The summed E-state index contributed by atoms with van der Waals surface area (Å²) in [6.07, 6.45) is 1.32. The molecule has 0 aromatic heterocycles. The normalized spacial score (nSPS) is 16.2. The Hall–Kier alpha value is -1.36. The first kappa shape index (κ1) is 10.7. The van der Waals surface area contributed by atoms with Gasteiger partial charge in [-0.15, -0.1) is 5.06 Å². The molecule has 0 bridgehead atoms. The number of nitrogens with zero attached hydrogens (tertiary/aromatic N) is 1. The number of hydroxylamine groups is 2. The van der Waals surface area contributed by atoms with Crippen molar-refractivity contribution in [3.8, 4) is 0 Å². The van der Waals surface area contributed by atoms with Crippen molar-refractivity contribution in [3.05, 3.63) is 12.3 Å². The van der Waals surface area contributed by atoms with Gasteiger partial charge in [0.2, 0.25) is 0 Å². The molecule has 0 atom stereocenters. The first-order valence-electron chi connectivity index (χ1n) is 4.47. The Balaban J connectivity index is 2.39. The minimum atomic E-state index is -0.518. The van der Waals surface area contributed by atoms with Gasteiger partial charge in [0.1, 0.15) is 0 Å². The van der Waals surface area contributed by atoms with Gasteiger partial charge in [-0.2, -0.15) is 0 Å². The van der Waals surface area contributed by atoms with Crippen molar-refractivity contribution in [2.24, 2.45) is 0 Å². The lowest BCUT2D eigenvalue weighted by Gasteiger charge is -2.15. The number of aliphatic hydroxyl groups is 1. The van der Waals surface area contributed by atoms with Crippen molar-refractivity contribution < 1.29 is 19.5 Å². The van der Waals surface area contributed by atoms with Crippen LogP contribution in [-0.2, 0) is 14.4 Å². The summed E-state index contributed by atoms with van der Waals surface area (Å²) in [5.41, 5.74) is 0.507. The number of amides is 1. The summed E-state index contributed by atoms with van der Waals surface area (Å²) in [6.45, 7) is 3.53. The van der Waals surface area contributed by atoms with Gasteiger partial charge in [0.05, 0.1) is 12.1 Å². The molecule has 0 aromatic carbocycles. The molecule has 0 radical (unpaired) electrons. The van der Waals surface area contributed by atoms with Gasteiger partial charge < -0.3 is 9.94 Å². The highest BCUT2D eigenvalue weighted by Gasteiger charge is 2.27. The zero-order valence-electron chi connectivity index (χ0n) is 7.86. The number of allylic oxidation sites excluding steroid dienone is 1. The van der Waals surface area contributed by atoms with Crippen LogP contribution in [0.1, 0.15) is 25.7 Å². The lowest BCUT2D eigenvalue weighted by molar-refractivity contribution is -0.186. The summed E-state index contributed by atoms with van der Waals surface area (Å²) >= 11 is 0. The molecule has 1 heterocycles. The summed E-state index contributed by atoms with van der Waals surface area (Å²) in [4.78, 5) is 27.0. The van der Waals surface area contributed by atoms with Crippen molar-refractivity contribution >= 4 is 11.9 Å². The molecule has 5 nitrogen and oxygen atoms in total. The first-order chi connectivity index (χ1) is 6.65.